The second-order valence-electron chi connectivity index (χ2n) is 5.30. The zero-order valence-corrected chi connectivity index (χ0v) is 12.0. The standard InChI is InChI=1S/C15H22N2O3/c1-3-20-13-6-5-12(9-11(13)2)17-14(18)16-10-15(19)7-4-8-15/h5-6,9,19H,3-4,7-8,10H2,1-2H3,(H2,16,17,18). The molecule has 0 heterocycles. The molecule has 0 radical (unpaired) electrons. The minimum atomic E-state index is -0.702. The van der Waals surface area contributed by atoms with Crippen LogP contribution in [0.5, 0.6) is 5.75 Å². The quantitative estimate of drug-likeness (QED) is 0.774. The van der Waals surface area contributed by atoms with Crippen LogP contribution in [0.4, 0.5) is 10.5 Å². The summed E-state index contributed by atoms with van der Waals surface area (Å²) in [6.45, 7) is 4.79. The number of rotatable bonds is 5. The van der Waals surface area contributed by atoms with E-state index < -0.39 is 5.60 Å². The lowest BCUT2D eigenvalue weighted by Gasteiger charge is -2.36. The highest BCUT2D eigenvalue weighted by Gasteiger charge is 2.34. The number of aliphatic hydroxyl groups is 1. The molecule has 20 heavy (non-hydrogen) atoms. The van der Waals surface area contributed by atoms with E-state index in [9.17, 15) is 9.90 Å². The predicted molar refractivity (Wildman–Crippen MR) is 78.2 cm³/mol. The maximum Gasteiger partial charge on any atom is 0.319 e. The Morgan fingerprint density at radius 2 is 2.20 bits per heavy atom. The Bertz CT molecular complexity index is 484. The van der Waals surface area contributed by atoms with Gasteiger partial charge in [0.05, 0.1) is 12.2 Å². The number of carbonyl (C=O) groups excluding carboxylic acids is 1. The average molecular weight is 278 g/mol. The molecule has 1 aromatic carbocycles. The van der Waals surface area contributed by atoms with E-state index in [0.29, 0.717) is 18.8 Å². The molecule has 0 unspecified atom stereocenters. The SMILES string of the molecule is CCOc1ccc(NC(=O)NCC2(O)CCC2)cc1C. The first-order valence-corrected chi connectivity index (χ1v) is 7.03. The number of amides is 2. The summed E-state index contributed by atoms with van der Waals surface area (Å²) in [4.78, 5) is 11.8. The van der Waals surface area contributed by atoms with Crippen LogP contribution in [0, 0.1) is 6.92 Å². The molecule has 1 aromatic rings. The molecule has 1 saturated carbocycles. The highest BCUT2D eigenvalue weighted by Crippen LogP contribution is 2.30. The summed E-state index contributed by atoms with van der Waals surface area (Å²) in [6, 6.07) is 5.21. The van der Waals surface area contributed by atoms with Crippen molar-refractivity contribution in [1.29, 1.82) is 0 Å². The van der Waals surface area contributed by atoms with Gasteiger partial charge in [0.2, 0.25) is 0 Å². The smallest absolute Gasteiger partial charge is 0.319 e. The molecule has 0 spiro atoms. The number of urea groups is 1. The molecule has 0 aliphatic heterocycles. The Morgan fingerprint density at radius 3 is 2.75 bits per heavy atom. The average Bonchev–Trinajstić information content (AvgIpc) is 2.37. The number of ether oxygens (including phenoxy) is 1. The number of nitrogens with one attached hydrogen (secondary N) is 2. The molecule has 1 aliphatic carbocycles. The second-order valence-corrected chi connectivity index (χ2v) is 5.30. The lowest BCUT2D eigenvalue weighted by molar-refractivity contribution is -0.0287. The van der Waals surface area contributed by atoms with E-state index in [-0.39, 0.29) is 6.03 Å². The fourth-order valence-corrected chi connectivity index (χ4v) is 2.23. The zero-order chi connectivity index (χ0) is 14.6. The van der Waals surface area contributed by atoms with Gasteiger partial charge in [-0.2, -0.15) is 0 Å². The molecule has 1 aliphatic rings. The molecule has 5 nitrogen and oxygen atoms in total. The Balaban J connectivity index is 1.86. The van der Waals surface area contributed by atoms with Crippen molar-refractivity contribution >= 4 is 11.7 Å². The highest BCUT2D eigenvalue weighted by atomic mass is 16.5. The summed E-state index contributed by atoms with van der Waals surface area (Å²) >= 11 is 0. The Labute approximate surface area is 119 Å². The molecule has 0 aromatic heterocycles. The topological polar surface area (TPSA) is 70.6 Å². The van der Waals surface area contributed by atoms with Gasteiger partial charge in [0.15, 0.2) is 0 Å². The minimum Gasteiger partial charge on any atom is -0.494 e. The monoisotopic (exact) mass is 278 g/mol. The molecule has 2 amide bonds. The molecule has 3 N–H and O–H groups in total. The third-order valence-electron chi connectivity index (χ3n) is 3.59. The van der Waals surface area contributed by atoms with Crippen LogP contribution in [0.1, 0.15) is 31.7 Å². The fourth-order valence-electron chi connectivity index (χ4n) is 2.23. The van der Waals surface area contributed by atoms with Gasteiger partial charge in [-0.25, -0.2) is 4.79 Å². The van der Waals surface area contributed by atoms with Crippen molar-refractivity contribution in [1.82, 2.24) is 5.32 Å². The van der Waals surface area contributed by atoms with Gasteiger partial charge >= 0.3 is 6.03 Å². The van der Waals surface area contributed by atoms with Crippen LogP contribution in [0.25, 0.3) is 0 Å². The predicted octanol–water partition coefficient (Wildman–Crippen LogP) is 2.43. The third kappa shape index (κ3) is 3.63. The Morgan fingerprint density at radius 1 is 1.45 bits per heavy atom. The van der Waals surface area contributed by atoms with E-state index in [4.69, 9.17) is 4.74 Å². The van der Waals surface area contributed by atoms with E-state index in [1.54, 1.807) is 6.07 Å². The van der Waals surface area contributed by atoms with Crippen LogP contribution in [-0.4, -0.2) is 29.9 Å². The van der Waals surface area contributed by atoms with E-state index in [1.165, 1.54) is 0 Å². The van der Waals surface area contributed by atoms with Crippen molar-refractivity contribution in [3.63, 3.8) is 0 Å². The van der Waals surface area contributed by atoms with E-state index in [2.05, 4.69) is 10.6 Å². The van der Waals surface area contributed by atoms with Crippen molar-refractivity contribution in [2.75, 3.05) is 18.5 Å². The first kappa shape index (κ1) is 14.7. The number of hydrogen-bond acceptors (Lipinski definition) is 3. The molecule has 0 saturated heterocycles. The van der Waals surface area contributed by atoms with Crippen molar-refractivity contribution in [3.8, 4) is 5.75 Å². The molecule has 110 valence electrons. The number of benzene rings is 1. The number of carbonyl (C=O) groups is 1. The number of aryl methyl sites for hydroxylation is 1. The van der Waals surface area contributed by atoms with Gasteiger partial charge in [-0.05, 0) is 56.9 Å². The maximum absolute atomic E-state index is 11.8. The fraction of sp³-hybridized carbons (Fsp3) is 0.533. The third-order valence-corrected chi connectivity index (χ3v) is 3.59. The van der Waals surface area contributed by atoms with E-state index in [1.807, 2.05) is 26.0 Å². The molecular weight excluding hydrogens is 256 g/mol. The molecule has 2 rings (SSSR count). The van der Waals surface area contributed by atoms with Gasteiger partial charge < -0.3 is 20.5 Å². The number of hydrogen-bond donors (Lipinski definition) is 3. The summed E-state index contributed by atoms with van der Waals surface area (Å²) in [5, 5.41) is 15.4. The zero-order valence-electron chi connectivity index (χ0n) is 12.0. The Hall–Kier alpha value is -1.75. The van der Waals surface area contributed by atoms with E-state index >= 15 is 0 Å². The summed E-state index contributed by atoms with van der Waals surface area (Å²) in [6.07, 6.45) is 2.54. The van der Waals surface area contributed by atoms with Crippen LogP contribution in [0.3, 0.4) is 0 Å². The van der Waals surface area contributed by atoms with Crippen molar-refractivity contribution in [2.45, 2.75) is 38.7 Å². The van der Waals surface area contributed by atoms with Crippen LogP contribution in [0.15, 0.2) is 18.2 Å². The summed E-state index contributed by atoms with van der Waals surface area (Å²) in [5.41, 5.74) is 0.984. The number of anilines is 1. The first-order valence-electron chi connectivity index (χ1n) is 7.03. The molecule has 1 fully saturated rings. The van der Waals surface area contributed by atoms with Gasteiger partial charge in [0.1, 0.15) is 5.75 Å². The minimum absolute atomic E-state index is 0.297. The summed E-state index contributed by atoms with van der Waals surface area (Å²) in [7, 11) is 0. The summed E-state index contributed by atoms with van der Waals surface area (Å²) in [5.74, 6) is 0.822. The molecule has 5 heteroatoms. The molecule has 0 atom stereocenters. The van der Waals surface area contributed by atoms with Gasteiger partial charge in [0.25, 0.3) is 0 Å². The van der Waals surface area contributed by atoms with E-state index in [0.717, 1.165) is 30.6 Å². The van der Waals surface area contributed by atoms with Crippen molar-refractivity contribution < 1.29 is 14.6 Å². The largest absolute Gasteiger partial charge is 0.494 e. The highest BCUT2D eigenvalue weighted by molar-refractivity contribution is 5.89. The second kappa shape index (κ2) is 6.13. The van der Waals surface area contributed by atoms with Crippen molar-refractivity contribution in [3.05, 3.63) is 23.8 Å². The van der Waals surface area contributed by atoms with Crippen LogP contribution < -0.4 is 15.4 Å². The maximum atomic E-state index is 11.8. The first-order chi connectivity index (χ1) is 9.52. The lowest BCUT2D eigenvalue weighted by Crippen LogP contribution is -2.48. The lowest BCUT2D eigenvalue weighted by atomic mass is 9.80. The normalized spacial score (nSPS) is 16.1. The van der Waals surface area contributed by atoms with Crippen LogP contribution in [0.2, 0.25) is 0 Å². The van der Waals surface area contributed by atoms with Crippen molar-refractivity contribution in [2.24, 2.45) is 0 Å². The van der Waals surface area contributed by atoms with Crippen LogP contribution >= 0.6 is 0 Å². The van der Waals surface area contributed by atoms with Crippen LogP contribution in [-0.2, 0) is 0 Å². The summed E-state index contributed by atoms with van der Waals surface area (Å²) < 4.78 is 5.45. The van der Waals surface area contributed by atoms with Gasteiger partial charge in [-0.1, -0.05) is 0 Å². The Kier molecular flexibility index (Phi) is 4.49. The van der Waals surface area contributed by atoms with Gasteiger partial charge in [0, 0.05) is 12.2 Å². The molecular formula is C15H22N2O3. The molecule has 0 bridgehead atoms. The van der Waals surface area contributed by atoms with Gasteiger partial charge in [-0.3, -0.25) is 0 Å². The van der Waals surface area contributed by atoms with Gasteiger partial charge in [-0.15, -0.1) is 0 Å².